The third-order valence-electron chi connectivity index (χ3n) is 4.47. The van der Waals surface area contributed by atoms with Crippen LogP contribution in [0.15, 0.2) is 42.0 Å². The molecule has 0 amide bonds. The molecule has 2 fully saturated rings. The Morgan fingerprint density at radius 1 is 1.41 bits per heavy atom. The first-order chi connectivity index (χ1) is 10.8. The van der Waals surface area contributed by atoms with Gasteiger partial charge in [0.2, 0.25) is 0 Å². The SMILES string of the molecule is c1cncc(O[C@@H]2CO[C@]3(CCN(Cc4cccs4)C3)C2)c1. The van der Waals surface area contributed by atoms with E-state index in [4.69, 9.17) is 9.47 Å². The van der Waals surface area contributed by atoms with Crippen molar-refractivity contribution in [2.45, 2.75) is 31.1 Å². The van der Waals surface area contributed by atoms with Gasteiger partial charge in [-0.25, -0.2) is 0 Å². The maximum atomic E-state index is 6.15. The highest BCUT2D eigenvalue weighted by Gasteiger charge is 2.46. The molecule has 4 rings (SSSR count). The maximum absolute atomic E-state index is 6.15. The highest BCUT2D eigenvalue weighted by atomic mass is 32.1. The zero-order valence-corrected chi connectivity index (χ0v) is 13.3. The van der Waals surface area contributed by atoms with E-state index in [1.807, 2.05) is 23.5 Å². The predicted molar refractivity (Wildman–Crippen MR) is 86.2 cm³/mol. The van der Waals surface area contributed by atoms with Crippen LogP contribution in [0.25, 0.3) is 0 Å². The fraction of sp³-hybridized carbons (Fsp3) is 0.471. The summed E-state index contributed by atoms with van der Waals surface area (Å²) in [6.07, 6.45) is 5.75. The zero-order valence-electron chi connectivity index (χ0n) is 12.5. The summed E-state index contributed by atoms with van der Waals surface area (Å²) in [7, 11) is 0. The van der Waals surface area contributed by atoms with Gasteiger partial charge in [-0.1, -0.05) is 6.07 Å². The molecule has 0 bridgehead atoms. The number of nitrogens with zero attached hydrogens (tertiary/aromatic N) is 2. The number of likely N-dealkylation sites (tertiary alicyclic amines) is 1. The van der Waals surface area contributed by atoms with Crippen molar-refractivity contribution in [1.29, 1.82) is 0 Å². The molecular weight excluding hydrogens is 296 g/mol. The van der Waals surface area contributed by atoms with E-state index in [0.717, 1.165) is 38.2 Å². The van der Waals surface area contributed by atoms with Crippen molar-refractivity contribution < 1.29 is 9.47 Å². The quantitative estimate of drug-likeness (QED) is 0.868. The average Bonchev–Trinajstić information content (AvgIpc) is 3.25. The Morgan fingerprint density at radius 3 is 3.23 bits per heavy atom. The second-order valence-electron chi connectivity index (χ2n) is 6.17. The Hall–Kier alpha value is -1.43. The van der Waals surface area contributed by atoms with Gasteiger partial charge in [-0.3, -0.25) is 9.88 Å². The predicted octanol–water partition coefficient (Wildman–Crippen LogP) is 2.96. The lowest BCUT2D eigenvalue weighted by Crippen LogP contribution is -2.33. The molecule has 2 aromatic heterocycles. The number of ether oxygens (including phenoxy) is 2. The Labute approximate surface area is 134 Å². The topological polar surface area (TPSA) is 34.6 Å². The Morgan fingerprint density at radius 2 is 2.41 bits per heavy atom. The van der Waals surface area contributed by atoms with Gasteiger partial charge in [-0.15, -0.1) is 11.3 Å². The fourth-order valence-electron chi connectivity index (χ4n) is 3.46. The van der Waals surface area contributed by atoms with Crippen LogP contribution in [0.3, 0.4) is 0 Å². The summed E-state index contributed by atoms with van der Waals surface area (Å²) in [6.45, 7) is 3.84. The van der Waals surface area contributed by atoms with Gasteiger partial charge >= 0.3 is 0 Å². The number of pyridine rings is 1. The fourth-order valence-corrected chi connectivity index (χ4v) is 4.20. The van der Waals surface area contributed by atoms with Crippen molar-refractivity contribution >= 4 is 11.3 Å². The second-order valence-corrected chi connectivity index (χ2v) is 7.20. The first-order valence-corrected chi connectivity index (χ1v) is 8.65. The van der Waals surface area contributed by atoms with E-state index in [1.54, 1.807) is 12.4 Å². The van der Waals surface area contributed by atoms with Gasteiger partial charge in [0.25, 0.3) is 0 Å². The van der Waals surface area contributed by atoms with Crippen molar-refractivity contribution in [3.05, 3.63) is 46.9 Å². The van der Waals surface area contributed by atoms with Crippen LogP contribution in [-0.4, -0.2) is 41.3 Å². The molecule has 2 aliphatic heterocycles. The lowest BCUT2D eigenvalue weighted by Gasteiger charge is -2.23. The van der Waals surface area contributed by atoms with Gasteiger partial charge in [0, 0.05) is 37.1 Å². The molecule has 4 heterocycles. The highest BCUT2D eigenvalue weighted by molar-refractivity contribution is 7.09. The van der Waals surface area contributed by atoms with Gasteiger partial charge in [-0.2, -0.15) is 0 Å². The van der Waals surface area contributed by atoms with E-state index in [0.29, 0.717) is 6.61 Å². The molecule has 116 valence electrons. The largest absolute Gasteiger partial charge is 0.486 e. The third kappa shape index (κ3) is 3.02. The van der Waals surface area contributed by atoms with E-state index in [1.165, 1.54) is 4.88 Å². The Bertz CT molecular complexity index is 604. The maximum Gasteiger partial charge on any atom is 0.138 e. The Kier molecular flexibility index (Phi) is 3.86. The summed E-state index contributed by atoms with van der Waals surface area (Å²) in [5.74, 6) is 0.835. The summed E-state index contributed by atoms with van der Waals surface area (Å²) in [5, 5.41) is 2.14. The van der Waals surface area contributed by atoms with Crippen LogP contribution in [0.2, 0.25) is 0 Å². The number of aromatic nitrogens is 1. The minimum Gasteiger partial charge on any atom is -0.486 e. The third-order valence-corrected chi connectivity index (χ3v) is 5.33. The van der Waals surface area contributed by atoms with Crippen LogP contribution < -0.4 is 4.74 Å². The molecule has 1 spiro atoms. The summed E-state index contributed by atoms with van der Waals surface area (Å²) < 4.78 is 12.2. The van der Waals surface area contributed by atoms with Crippen molar-refractivity contribution in [3.63, 3.8) is 0 Å². The monoisotopic (exact) mass is 316 g/mol. The summed E-state index contributed by atoms with van der Waals surface area (Å²) >= 11 is 1.83. The highest BCUT2D eigenvalue weighted by Crippen LogP contribution is 2.37. The van der Waals surface area contributed by atoms with E-state index in [-0.39, 0.29) is 11.7 Å². The van der Waals surface area contributed by atoms with E-state index >= 15 is 0 Å². The molecule has 2 aliphatic rings. The molecule has 0 N–H and O–H groups in total. The summed E-state index contributed by atoms with van der Waals surface area (Å²) in [6, 6.07) is 8.18. The first kappa shape index (κ1) is 14.2. The summed E-state index contributed by atoms with van der Waals surface area (Å²) in [4.78, 5) is 8.02. The van der Waals surface area contributed by atoms with Gasteiger partial charge in [0.1, 0.15) is 11.9 Å². The van der Waals surface area contributed by atoms with Crippen molar-refractivity contribution in [1.82, 2.24) is 9.88 Å². The minimum absolute atomic E-state index is 0.00979. The van der Waals surface area contributed by atoms with Crippen LogP contribution in [0.1, 0.15) is 17.7 Å². The standard InChI is InChI=1S/C17H20N2O2S/c1-3-14(10-18-6-1)21-15-9-17(20-12-15)5-7-19(13-17)11-16-4-2-8-22-16/h1-4,6,8,10,15H,5,7,9,11-13H2/t15-,17+/m0/s1. The van der Waals surface area contributed by atoms with Crippen LogP contribution in [0, 0.1) is 0 Å². The zero-order chi connectivity index (χ0) is 14.8. The molecule has 0 unspecified atom stereocenters. The van der Waals surface area contributed by atoms with E-state index in [2.05, 4.69) is 27.4 Å². The first-order valence-electron chi connectivity index (χ1n) is 7.77. The molecular formula is C17H20N2O2S. The minimum atomic E-state index is -0.00979. The molecule has 0 aliphatic carbocycles. The molecule has 4 nitrogen and oxygen atoms in total. The molecule has 2 atom stereocenters. The summed E-state index contributed by atoms with van der Waals surface area (Å²) in [5.41, 5.74) is -0.00979. The van der Waals surface area contributed by atoms with Crippen LogP contribution in [-0.2, 0) is 11.3 Å². The van der Waals surface area contributed by atoms with Crippen LogP contribution in [0.5, 0.6) is 5.75 Å². The second kappa shape index (κ2) is 5.99. The van der Waals surface area contributed by atoms with E-state index < -0.39 is 0 Å². The van der Waals surface area contributed by atoms with Gasteiger partial charge in [-0.05, 0) is 30.0 Å². The van der Waals surface area contributed by atoms with Crippen molar-refractivity contribution in [2.75, 3.05) is 19.7 Å². The number of thiophene rings is 1. The smallest absolute Gasteiger partial charge is 0.138 e. The van der Waals surface area contributed by atoms with Crippen LogP contribution >= 0.6 is 11.3 Å². The van der Waals surface area contributed by atoms with Gasteiger partial charge in [0.05, 0.1) is 18.4 Å². The molecule has 5 heteroatoms. The van der Waals surface area contributed by atoms with Crippen LogP contribution in [0.4, 0.5) is 0 Å². The normalized spacial score (nSPS) is 28.5. The average molecular weight is 316 g/mol. The van der Waals surface area contributed by atoms with Crippen molar-refractivity contribution in [3.8, 4) is 5.75 Å². The lowest BCUT2D eigenvalue weighted by atomic mass is 9.98. The Balaban J connectivity index is 1.34. The van der Waals surface area contributed by atoms with Crippen molar-refractivity contribution in [2.24, 2.45) is 0 Å². The number of hydrogen-bond donors (Lipinski definition) is 0. The molecule has 2 aromatic rings. The van der Waals surface area contributed by atoms with Gasteiger partial charge in [0.15, 0.2) is 0 Å². The molecule has 0 saturated carbocycles. The molecule has 2 saturated heterocycles. The lowest BCUT2D eigenvalue weighted by molar-refractivity contribution is 0.00940. The number of hydrogen-bond acceptors (Lipinski definition) is 5. The van der Waals surface area contributed by atoms with E-state index in [9.17, 15) is 0 Å². The number of rotatable bonds is 4. The molecule has 22 heavy (non-hydrogen) atoms. The molecule has 0 aromatic carbocycles. The van der Waals surface area contributed by atoms with Gasteiger partial charge < -0.3 is 9.47 Å². The molecule has 0 radical (unpaired) electrons.